The summed E-state index contributed by atoms with van der Waals surface area (Å²) in [4.78, 5) is 8.72. The summed E-state index contributed by atoms with van der Waals surface area (Å²) < 4.78 is 0. The van der Waals surface area contributed by atoms with Crippen LogP contribution in [0.1, 0.15) is 12.5 Å². The number of hydrogen-bond acceptors (Lipinski definition) is 4. The smallest absolute Gasteiger partial charge is 0.201 e. The third kappa shape index (κ3) is 1.69. The highest BCUT2D eigenvalue weighted by Gasteiger charge is 2.07. The normalized spacial score (nSPS) is 10.9. The minimum Gasteiger partial charge on any atom is -0.382 e. The Morgan fingerprint density at radius 2 is 2.00 bits per heavy atom. The molecule has 2 heterocycles. The maximum atomic E-state index is 5.75. The van der Waals surface area contributed by atoms with Gasteiger partial charge in [0.05, 0.1) is 11.9 Å². The lowest BCUT2D eigenvalue weighted by atomic mass is 10.1. The van der Waals surface area contributed by atoms with Gasteiger partial charge in [-0.2, -0.15) is 5.10 Å². The average molecular weight is 239 g/mol. The zero-order valence-corrected chi connectivity index (χ0v) is 10.0. The van der Waals surface area contributed by atoms with E-state index in [-0.39, 0.29) is 0 Å². The van der Waals surface area contributed by atoms with Crippen LogP contribution in [0.2, 0.25) is 0 Å². The Kier molecular flexibility index (Phi) is 2.44. The average Bonchev–Trinajstić information content (AvgIpc) is 2.80. The molecule has 3 aromatic rings. The molecule has 0 fully saturated rings. The molecule has 0 radical (unpaired) electrons. The number of hydrogen-bond donors (Lipinski definition) is 2. The first-order chi connectivity index (χ1) is 8.78. The molecule has 18 heavy (non-hydrogen) atoms. The lowest BCUT2D eigenvalue weighted by Gasteiger charge is -2.02. The first kappa shape index (κ1) is 10.7. The van der Waals surface area contributed by atoms with E-state index >= 15 is 0 Å². The minimum absolute atomic E-state index is 0.449. The fourth-order valence-corrected chi connectivity index (χ4v) is 1.86. The van der Waals surface area contributed by atoms with Crippen molar-refractivity contribution in [2.45, 2.75) is 13.3 Å². The van der Waals surface area contributed by atoms with Gasteiger partial charge in [0.2, 0.25) is 5.65 Å². The Morgan fingerprint density at radius 1 is 1.22 bits per heavy atom. The molecule has 90 valence electrons. The lowest BCUT2D eigenvalue weighted by molar-refractivity contribution is 1.10. The van der Waals surface area contributed by atoms with Crippen molar-refractivity contribution in [3.05, 3.63) is 36.0 Å². The molecular weight excluding hydrogens is 226 g/mol. The standard InChI is InChI=1S/C13H13N5/c1-2-8-3-5-9(6-4-8)10-7-15-13-11(16-10)12(14)17-18-13/h3-7H,2H2,1H3,(H3,14,15,17,18). The third-order valence-corrected chi connectivity index (χ3v) is 2.95. The van der Waals surface area contributed by atoms with Gasteiger partial charge >= 0.3 is 0 Å². The largest absolute Gasteiger partial charge is 0.382 e. The van der Waals surface area contributed by atoms with Crippen molar-refractivity contribution in [3.63, 3.8) is 0 Å². The molecule has 0 aliphatic heterocycles. The van der Waals surface area contributed by atoms with E-state index in [1.54, 1.807) is 6.20 Å². The van der Waals surface area contributed by atoms with Gasteiger partial charge in [-0.05, 0) is 12.0 Å². The number of nitrogens with two attached hydrogens (primary N) is 1. The highest BCUT2D eigenvalue weighted by Crippen LogP contribution is 2.21. The van der Waals surface area contributed by atoms with Crippen LogP contribution in [-0.4, -0.2) is 20.2 Å². The van der Waals surface area contributed by atoms with Crippen LogP contribution in [-0.2, 0) is 6.42 Å². The number of benzene rings is 1. The second-order valence-corrected chi connectivity index (χ2v) is 4.12. The Labute approximate surface area is 104 Å². The Balaban J connectivity index is 2.09. The molecule has 0 atom stereocenters. The molecule has 5 heteroatoms. The first-order valence-electron chi connectivity index (χ1n) is 5.84. The van der Waals surface area contributed by atoms with Crippen molar-refractivity contribution in [1.29, 1.82) is 0 Å². The molecule has 0 aliphatic carbocycles. The highest BCUT2D eigenvalue weighted by molar-refractivity contribution is 5.83. The third-order valence-electron chi connectivity index (χ3n) is 2.95. The van der Waals surface area contributed by atoms with Crippen molar-refractivity contribution >= 4 is 17.0 Å². The van der Waals surface area contributed by atoms with E-state index in [9.17, 15) is 0 Å². The summed E-state index contributed by atoms with van der Waals surface area (Å²) in [6.45, 7) is 2.13. The molecule has 0 amide bonds. The molecule has 0 saturated carbocycles. The predicted octanol–water partition coefficient (Wildman–Crippen LogP) is 2.16. The molecule has 0 unspecified atom stereocenters. The SMILES string of the molecule is CCc1ccc(-c2cnc3n[nH]c(N)c3n2)cc1. The number of fused-ring (bicyclic) bond motifs is 1. The fourth-order valence-electron chi connectivity index (χ4n) is 1.86. The maximum Gasteiger partial charge on any atom is 0.201 e. The molecule has 0 aliphatic rings. The monoisotopic (exact) mass is 239 g/mol. The Morgan fingerprint density at radius 3 is 2.72 bits per heavy atom. The number of nitrogens with zero attached hydrogens (tertiary/aromatic N) is 3. The van der Waals surface area contributed by atoms with Gasteiger partial charge < -0.3 is 5.73 Å². The molecule has 0 saturated heterocycles. The van der Waals surface area contributed by atoms with E-state index in [0.29, 0.717) is 17.0 Å². The van der Waals surface area contributed by atoms with Gasteiger partial charge in [-0.3, -0.25) is 5.10 Å². The number of H-pyrrole nitrogens is 1. The van der Waals surface area contributed by atoms with Crippen LogP contribution in [0.25, 0.3) is 22.4 Å². The summed E-state index contributed by atoms with van der Waals surface area (Å²) in [5.74, 6) is 0.449. The van der Waals surface area contributed by atoms with Crippen molar-refractivity contribution < 1.29 is 0 Å². The summed E-state index contributed by atoms with van der Waals surface area (Å²) in [5, 5.41) is 6.63. The number of aromatic nitrogens is 4. The Hall–Kier alpha value is -2.43. The van der Waals surface area contributed by atoms with Crippen LogP contribution in [0.15, 0.2) is 30.5 Å². The van der Waals surface area contributed by atoms with Crippen LogP contribution < -0.4 is 5.73 Å². The summed E-state index contributed by atoms with van der Waals surface area (Å²) in [7, 11) is 0. The quantitative estimate of drug-likeness (QED) is 0.718. The van der Waals surface area contributed by atoms with E-state index in [0.717, 1.165) is 17.7 Å². The van der Waals surface area contributed by atoms with Crippen LogP contribution in [0.5, 0.6) is 0 Å². The van der Waals surface area contributed by atoms with Crippen LogP contribution in [0.3, 0.4) is 0 Å². The lowest BCUT2D eigenvalue weighted by Crippen LogP contribution is -1.90. The molecule has 1 aromatic carbocycles. The van der Waals surface area contributed by atoms with Gasteiger partial charge in [-0.1, -0.05) is 31.2 Å². The van der Waals surface area contributed by atoms with E-state index in [4.69, 9.17) is 5.73 Å². The van der Waals surface area contributed by atoms with E-state index in [1.807, 2.05) is 12.1 Å². The van der Waals surface area contributed by atoms with Crippen LogP contribution >= 0.6 is 0 Å². The second kappa shape index (κ2) is 4.10. The zero-order valence-electron chi connectivity index (χ0n) is 10.0. The fraction of sp³-hybridized carbons (Fsp3) is 0.154. The number of anilines is 1. The summed E-state index contributed by atoms with van der Waals surface area (Å²) in [6, 6.07) is 8.29. The van der Waals surface area contributed by atoms with Gasteiger partial charge in [-0.15, -0.1) is 0 Å². The summed E-state index contributed by atoms with van der Waals surface area (Å²) in [5.41, 5.74) is 10.0. The van der Waals surface area contributed by atoms with Crippen molar-refractivity contribution in [1.82, 2.24) is 20.2 Å². The molecule has 2 aromatic heterocycles. The summed E-state index contributed by atoms with van der Waals surface area (Å²) in [6.07, 6.45) is 2.74. The van der Waals surface area contributed by atoms with Crippen molar-refractivity contribution in [2.24, 2.45) is 0 Å². The van der Waals surface area contributed by atoms with Crippen molar-refractivity contribution in [3.8, 4) is 11.3 Å². The molecular formula is C13H13N5. The van der Waals surface area contributed by atoms with Gasteiger partial charge in [0, 0.05) is 5.56 Å². The Bertz CT molecular complexity index is 684. The number of aryl methyl sites for hydroxylation is 1. The zero-order chi connectivity index (χ0) is 12.5. The van der Waals surface area contributed by atoms with Gasteiger partial charge in [0.15, 0.2) is 5.52 Å². The molecule has 3 rings (SSSR count). The predicted molar refractivity (Wildman–Crippen MR) is 70.9 cm³/mol. The number of aromatic amines is 1. The molecule has 5 nitrogen and oxygen atoms in total. The number of nitrogen functional groups attached to an aromatic ring is 1. The molecule has 0 bridgehead atoms. The van der Waals surface area contributed by atoms with Gasteiger partial charge in [0.25, 0.3) is 0 Å². The highest BCUT2D eigenvalue weighted by atomic mass is 15.2. The van der Waals surface area contributed by atoms with Crippen LogP contribution in [0, 0.1) is 0 Å². The van der Waals surface area contributed by atoms with E-state index in [1.165, 1.54) is 5.56 Å². The van der Waals surface area contributed by atoms with E-state index < -0.39 is 0 Å². The van der Waals surface area contributed by atoms with Crippen molar-refractivity contribution in [2.75, 3.05) is 5.73 Å². The molecule has 3 N–H and O–H groups in total. The maximum absolute atomic E-state index is 5.75. The van der Waals surface area contributed by atoms with Crippen LogP contribution in [0.4, 0.5) is 5.82 Å². The van der Waals surface area contributed by atoms with Gasteiger partial charge in [0.1, 0.15) is 5.82 Å². The number of nitrogens with one attached hydrogen (secondary N) is 1. The number of rotatable bonds is 2. The minimum atomic E-state index is 0.449. The van der Waals surface area contributed by atoms with E-state index in [2.05, 4.69) is 39.2 Å². The first-order valence-corrected chi connectivity index (χ1v) is 5.84. The summed E-state index contributed by atoms with van der Waals surface area (Å²) >= 11 is 0. The molecule has 0 spiro atoms. The topological polar surface area (TPSA) is 80.5 Å². The second-order valence-electron chi connectivity index (χ2n) is 4.12. The van der Waals surface area contributed by atoms with Gasteiger partial charge in [-0.25, -0.2) is 9.97 Å².